The first-order valence-electron chi connectivity index (χ1n) is 8.21. The summed E-state index contributed by atoms with van der Waals surface area (Å²) < 4.78 is 40.0. The fourth-order valence-corrected chi connectivity index (χ4v) is 4.45. The Morgan fingerprint density at radius 2 is 1.58 bits per heavy atom. The largest absolute Gasteiger partial charge is 0.251 e. The first-order valence-corrected chi connectivity index (χ1v) is 9.86. The SMILES string of the molecule is Cc1ccc(S(=O)(=O)Cc2nc3cccc(F)c3c3ccccc23)cc1. The van der Waals surface area contributed by atoms with Crippen LogP contribution < -0.4 is 0 Å². The van der Waals surface area contributed by atoms with Crippen molar-refractivity contribution in [3.05, 3.63) is 83.8 Å². The Hall–Kier alpha value is -2.79. The minimum Gasteiger partial charge on any atom is -0.251 e. The second-order valence-corrected chi connectivity index (χ2v) is 8.30. The molecular weight excluding hydrogens is 349 g/mol. The second-order valence-electron chi connectivity index (χ2n) is 6.31. The Labute approximate surface area is 151 Å². The lowest BCUT2D eigenvalue weighted by Crippen LogP contribution is -2.07. The lowest BCUT2D eigenvalue weighted by Gasteiger charge is -2.11. The molecule has 3 aromatic carbocycles. The van der Waals surface area contributed by atoms with Crippen LogP contribution in [-0.4, -0.2) is 13.4 Å². The number of nitrogens with zero attached hydrogens (tertiary/aromatic N) is 1. The summed E-state index contributed by atoms with van der Waals surface area (Å²) in [5.74, 6) is -0.595. The molecule has 1 aromatic heterocycles. The lowest BCUT2D eigenvalue weighted by molar-refractivity contribution is 0.595. The number of hydrogen-bond acceptors (Lipinski definition) is 3. The molecule has 0 aliphatic heterocycles. The van der Waals surface area contributed by atoms with E-state index < -0.39 is 9.84 Å². The monoisotopic (exact) mass is 365 g/mol. The first kappa shape index (κ1) is 16.7. The third kappa shape index (κ3) is 2.84. The molecule has 0 radical (unpaired) electrons. The van der Waals surface area contributed by atoms with Crippen molar-refractivity contribution in [3.63, 3.8) is 0 Å². The fourth-order valence-electron chi connectivity index (χ4n) is 3.15. The maximum atomic E-state index is 14.3. The Bertz CT molecular complexity index is 1230. The summed E-state index contributed by atoms with van der Waals surface area (Å²) in [5.41, 5.74) is 1.88. The van der Waals surface area contributed by atoms with Crippen molar-refractivity contribution in [3.8, 4) is 0 Å². The number of hydrogen-bond donors (Lipinski definition) is 0. The summed E-state index contributed by atoms with van der Waals surface area (Å²) in [6, 6.07) is 18.6. The predicted octanol–water partition coefficient (Wildman–Crippen LogP) is 4.81. The van der Waals surface area contributed by atoms with E-state index in [0.717, 1.165) is 5.56 Å². The molecule has 26 heavy (non-hydrogen) atoms. The van der Waals surface area contributed by atoms with Gasteiger partial charge < -0.3 is 0 Å². The van der Waals surface area contributed by atoms with Gasteiger partial charge >= 0.3 is 0 Å². The van der Waals surface area contributed by atoms with Gasteiger partial charge in [0.05, 0.1) is 21.9 Å². The Morgan fingerprint density at radius 1 is 0.885 bits per heavy atom. The zero-order valence-corrected chi connectivity index (χ0v) is 14.9. The molecule has 1 heterocycles. The van der Waals surface area contributed by atoms with Crippen LogP contribution in [0.1, 0.15) is 11.3 Å². The van der Waals surface area contributed by atoms with E-state index in [1.54, 1.807) is 54.6 Å². The molecule has 0 saturated heterocycles. The van der Waals surface area contributed by atoms with Crippen LogP contribution in [0, 0.1) is 12.7 Å². The summed E-state index contributed by atoms with van der Waals surface area (Å²) in [4.78, 5) is 4.73. The van der Waals surface area contributed by atoms with Crippen molar-refractivity contribution in [1.82, 2.24) is 4.98 Å². The Morgan fingerprint density at radius 3 is 2.31 bits per heavy atom. The van der Waals surface area contributed by atoms with Crippen LogP contribution in [0.5, 0.6) is 0 Å². The molecule has 130 valence electrons. The first-order chi connectivity index (χ1) is 12.5. The third-order valence-corrected chi connectivity index (χ3v) is 6.11. The van der Waals surface area contributed by atoms with Crippen LogP contribution in [0.4, 0.5) is 4.39 Å². The van der Waals surface area contributed by atoms with Crippen LogP contribution in [0.3, 0.4) is 0 Å². The number of halogens is 1. The number of rotatable bonds is 3. The Kier molecular flexibility index (Phi) is 3.96. The molecule has 0 bridgehead atoms. The van der Waals surface area contributed by atoms with Crippen molar-refractivity contribution >= 4 is 31.5 Å². The summed E-state index contributed by atoms with van der Waals surface area (Å²) in [7, 11) is -3.56. The fraction of sp³-hybridized carbons (Fsp3) is 0.0952. The molecule has 0 fully saturated rings. The maximum absolute atomic E-state index is 14.3. The topological polar surface area (TPSA) is 47.0 Å². The molecule has 5 heteroatoms. The molecule has 0 aliphatic rings. The van der Waals surface area contributed by atoms with Crippen LogP contribution in [0.15, 0.2) is 71.6 Å². The number of fused-ring (bicyclic) bond motifs is 3. The average Bonchev–Trinajstić information content (AvgIpc) is 2.62. The summed E-state index contributed by atoms with van der Waals surface area (Å²) in [5, 5.41) is 1.74. The van der Waals surface area contributed by atoms with Crippen LogP contribution in [0.25, 0.3) is 21.7 Å². The van der Waals surface area contributed by atoms with Gasteiger partial charge in [-0.15, -0.1) is 0 Å². The van der Waals surface area contributed by atoms with E-state index in [4.69, 9.17) is 0 Å². The highest BCUT2D eigenvalue weighted by Gasteiger charge is 2.19. The van der Waals surface area contributed by atoms with Gasteiger partial charge in [0.2, 0.25) is 0 Å². The van der Waals surface area contributed by atoms with Gasteiger partial charge in [-0.05, 0) is 36.6 Å². The molecule has 0 saturated carbocycles. The van der Waals surface area contributed by atoms with Gasteiger partial charge in [-0.25, -0.2) is 12.8 Å². The lowest BCUT2D eigenvalue weighted by atomic mass is 10.0. The molecule has 4 aromatic rings. The zero-order chi connectivity index (χ0) is 18.3. The summed E-state index contributed by atoms with van der Waals surface area (Å²) in [6.07, 6.45) is 0. The van der Waals surface area contributed by atoms with Gasteiger partial charge in [0.25, 0.3) is 0 Å². The molecule has 0 N–H and O–H groups in total. The quantitative estimate of drug-likeness (QED) is 0.490. The molecule has 0 unspecified atom stereocenters. The molecule has 0 aliphatic carbocycles. The zero-order valence-electron chi connectivity index (χ0n) is 14.1. The van der Waals surface area contributed by atoms with E-state index in [0.29, 0.717) is 27.4 Å². The highest BCUT2D eigenvalue weighted by atomic mass is 32.2. The van der Waals surface area contributed by atoms with Gasteiger partial charge in [-0.2, -0.15) is 0 Å². The normalized spacial score (nSPS) is 11.9. The van der Waals surface area contributed by atoms with E-state index in [-0.39, 0.29) is 16.5 Å². The van der Waals surface area contributed by atoms with E-state index in [2.05, 4.69) is 4.98 Å². The molecule has 0 amide bonds. The summed E-state index contributed by atoms with van der Waals surface area (Å²) >= 11 is 0. The predicted molar refractivity (Wildman–Crippen MR) is 101 cm³/mol. The summed E-state index contributed by atoms with van der Waals surface area (Å²) in [6.45, 7) is 1.91. The van der Waals surface area contributed by atoms with Crippen molar-refractivity contribution in [1.29, 1.82) is 0 Å². The van der Waals surface area contributed by atoms with Gasteiger partial charge in [0.15, 0.2) is 9.84 Å². The van der Waals surface area contributed by atoms with Gasteiger partial charge in [-0.3, -0.25) is 4.98 Å². The number of benzene rings is 3. The number of sulfone groups is 1. The van der Waals surface area contributed by atoms with E-state index in [1.807, 2.05) is 13.0 Å². The Balaban J connectivity index is 1.92. The second kappa shape index (κ2) is 6.18. The van der Waals surface area contributed by atoms with Crippen LogP contribution in [0.2, 0.25) is 0 Å². The third-order valence-electron chi connectivity index (χ3n) is 4.46. The number of aromatic nitrogens is 1. The van der Waals surface area contributed by atoms with Crippen molar-refractivity contribution in [2.45, 2.75) is 17.6 Å². The van der Waals surface area contributed by atoms with Crippen LogP contribution in [-0.2, 0) is 15.6 Å². The van der Waals surface area contributed by atoms with E-state index in [1.165, 1.54) is 6.07 Å². The standard InChI is InChI=1S/C21H16FNO2S/c1-14-9-11-15(12-10-14)26(24,25)13-20-16-5-2-3-6-17(16)21-18(22)7-4-8-19(21)23-20/h2-12H,13H2,1H3. The molecule has 0 spiro atoms. The van der Waals surface area contributed by atoms with Gasteiger partial charge in [-0.1, -0.05) is 48.0 Å². The highest BCUT2D eigenvalue weighted by molar-refractivity contribution is 7.90. The highest BCUT2D eigenvalue weighted by Crippen LogP contribution is 2.30. The minimum absolute atomic E-state index is 0.233. The van der Waals surface area contributed by atoms with Gasteiger partial charge in [0, 0.05) is 10.8 Å². The van der Waals surface area contributed by atoms with Crippen molar-refractivity contribution in [2.24, 2.45) is 0 Å². The van der Waals surface area contributed by atoms with E-state index >= 15 is 0 Å². The smallest absolute Gasteiger partial charge is 0.184 e. The molecule has 0 atom stereocenters. The average molecular weight is 365 g/mol. The molecule has 4 rings (SSSR count). The number of pyridine rings is 1. The van der Waals surface area contributed by atoms with E-state index in [9.17, 15) is 12.8 Å². The maximum Gasteiger partial charge on any atom is 0.184 e. The minimum atomic E-state index is -3.56. The van der Waals surface area contributed by atoms with Crippen LogP contribution >= 0.6 is 0 Å². The molecule has 3 nitrogen and oxygen atoms in total. The van der Waals surface area contributed by atoms with Gasteiger partial charge in [0.1, 0.15) is 5.82 Å². The molecular formula is C21H16FNO2S. The van der Waals surface area contributed by atoms with Crippen molar-refractivity contribution < 1.29 is 12.8 Å². The number of aryl methyl sites for hydroxylation is 1. The van der Waals surface area contributed by atoms with Crippen molar-refractivity contribution in [2.75, 3.05) is 0 Å².